The summed E-state index contributed by atoms with van der Waals surface area (Å²) in [5.74, 6) is 1.48. The second-order valence-electron chi connectivity index (χ2n) is 4.88. The van der Waals surface area contributed by atoms with E-state index >= 15 is 0 Å². The van der Waals surface area contributed by atoms with Gasteiger partial charge in [0.25, 0.3) is 0 Å². The Morgan fingerprint density at radius 1 is 1.29 bits per heavy atom. The molecule has 0 saturated carbocycles. The predicted molar refractivity (Wildman–Crippen MR) is 86.8 cm³/mol. The van der Waals surface area contributed by atoms with E-state index in [-0.39, 0.29) is 0 Å². The lowest BCUT2D eigenvalue weighted by molar-refractivity contribution is 0.253. The fourth-order valence-corrected chi connectivity index (χ4v) is 1.64. The minimum absolute atomic E-state index is 0.599. The molecule has 0 amide bonds. The number of nitrogens with zero attached hydrogens (tertiary/aromatic N) is 3. The minimum atomic E-state index is 0.599. The van der Waals surface area contributed by atoms with E-state index in [1.807, 2.05) is 26.2 Å². The van der Waals surface area contributed by atoms with Crippen LogP contribution in [-0.2, 0) is 6.54 Å². The first-order valence-electron chi connectivity index (χ1n) is 7.40. The lowest BCUT2D eigenvalue weighted by Gasteiger charge is -2.11. The summed E-state index contributed by atoms with van der Waals surface area (Å²) in [6.45, 7) is 7.90. The average molecular weight is 293 g/mol. The third-order valence-electron chi connectivity index (χ3n) is 2.70. The molecular formula is C15H27N5O. The van der Waals surface area contributed by atoms with E-state index in [2.05, 4.69) is 39.4 Å². The Labute approximate surface area is 127 Å². The number of nitrogens with one attached hydrogen (secondary N) is 2. The number of aromatic nitrogens is 1. The molecule has 0 aromatic carbocycles. The molecule has 1 aromatic rings. The predicted octanol–water partition coefficient (Wildman–Crippen LogP) is 1.10. The van der Waals surface area contributed by atoms with Crippen molar-refractivity contribution in [2.45, 2.75) is 20.4 Å². The molecule has 2 N–H and O–H groups in total. The number of guanidine groups is 1. The minimum Gasteiger partial charge on any atom is -0.476 e. The molecule has 1 rings (SSSR count). The van der Waals surface area contributed by atoms with Gasteiger partial charge in [0.15, 0.2) is 5.96 Å². The summed E-state index contributed by atoms with van der Waals surface area (Å²) in [7, 11) is 4.04. The van der Waals surface area contributed by atoms with Crippen LogP contribution in [0.3, 0.4) is 0 Å². The van der Waals surface area contributed by atoms with Crippen LogP contribution >= 0.6 is 0 Å². The van der Waals surface area contributed by atoms with Gasteiger partial charge in [-0.3, -0.25) is 0 Å². The molecule has 0 atom stereocenters. The van der Waals surface area contributed by atoms with E-state index in [1.54, 1.807) is 6.20 Å². The number of rotatable bonds is 8. The summed E-state index contributed by atoms with van der Waals surface area (Å²) in [4.78, 5) is 10.8. The van der Waals surface area contributed by atoms with Gasteiger partial charge < -0.3 is 20.3 Å². The molecule has 0 saturated heterocycles. The number of pyridine rings is 1. The van der Waals surface area contributed by atoms with Gasteiger partial charge >= 0.3 is 0 Å². The average Bonchev–Trinajstić information content (AvgIpc) is 2.45. The quantitative estimate of drug-likeness (QED) is 0.555. The van der Waals surface area contributed by atoms with Crippen molar-refractivity contribution in [1.29, 1.82) is 0 Å². The van der Waals surface area contributed by atoms with Crippen LogP contribution in [0.1, 0.15) is 19.4 Å². The zero-order valence-corrected chi connectivity index (χ0v) is 13.5. The van der Waals surface area contributed by atoms with Crippen molar-refractivity contribution in [3.05, 3.63) is 23.9 Å². The van der Waals surface area contributed by atoms with Crippen LogP contribution in [0.15, 0.2) is 23.3 Å². The second-order valence-corrected chi connectivity index (χ2v) is 4.88. The molecule has 0 fully saturated rings. The number of likely N-dealkylation sites (N-methyl/N-ethyl adjacent to an activating group) is 1. The Balaban J connectivity index is 2.56. The fourth-order valence-electron chi connectivity index (χ4n) is 1.64. The molecule has 0 radical (unpaired) electrons. The maximum atomic E-state index is 5.63. The first-order chi connectivity index (χ1) is 10.2. The zero-order valence-electron chi connectivity index (χ0n) is 13.5. The van der Waals surface area contributed by atoms with Gasteiger partial charge in [0, 0.05) is 31.9 Å². The molecular weight excluding hydrogens is 266 g/mol. The van der Waals surface area contributed by atoms with Crippen molar-refractivity contribution in [2.24, 2.45) is 4.99 Å². The normalized spacial score (nSPS) is 10.3. The molecule has 0 spiro atoms. The van der Waals surface area contributed by atoms with Crippen molar-refractivity contribution in [3.8, 4) is 5.88 Å². The first kappa shape index (κ1) is 17.2. The van der Waals surface area contributed by atoms with Gasteiger partial charge in [0.05, 0.1) is 6.54 Å². The van der Waals surface area contributed by atoms with Crippen LogP contribution in [-0.4, -0.2) is 56.2 Å². The van der Waals surface area contributed by atoms with E-state index in [1.165, 1.54) is 0 Å². The van der Waals surface area contributed by atoms with E-state index < -0.39 is 0 Å². The number of hydrogen-bond donors (Lipinski definition) is 2. The van der Waals surface area contributed by atoms with Crippen LogP contribution in [0.25, 0.3) is 0 Å². The Morgan fingerprint density at radius 3 is 2.62 bits per heavy atom. The topological polar surface area (TPSA) is 61.8 Å². The highest BCUT2D eigenvalue weighted by atomic mass is 16.5. The highest BCUT2D eigenvalue weighted by molar-refractivity contribution is 5.79. The summed E-state index contributed by atoms with van der Waals surface area (Å²) in [6.07, 6.45) is 1.76. The van der Waals surface area contributed by atoms with Gasteiger partial charge in [-0.25, -0.2) is 9.98 Å². The standard InChI is InChI=1S/C15H27N5O/c1-5-16-15(17-6-2)19-12-13-7-8-18-14(11-13)21-10-9-20(3)4/h7-8,11H,5-6,9-10,12H2,1-4H3,(H2,16,17,19). The fraction of sp³-hybridized carbons (Fsp3) is 0.600. The van der Waals surface area contributed by atoms with Crippen LogP contribution in [0.5, 0.6) is 5.88 Å². The smallest absolute Gasteiger partial charge is 0.213 e. The molecule has 1 aromatic heterocycles. The molecule has 0 bridgehead atoms. The van der Waals surface area contributed by atoms with Crippen molar-refractivity contribution in [3.63, 3.8) is 0 Å². The van der Waals surface area contributed by atoms with Gasteiger partial charge in [-0.05, 0) is 39.6 Å². The molecule has 0 aliphatic heterocycles. The molecule has 6 heteroatoms. The van der Waals surface area contributed by atoms with Crippen molar-refractivity contribution < 1.29 is 4.74 Å². The number of hydrogen-bond acceptors (Lipinski definition) is 4. The van der Waals surface area contributed by atoms with E-state index in [9.17, 15) is 0 Å². The molecule has 118 valence electrons. The Morgan fingerprint density at radius 2 is 2.00 bits per heavy atom. The molecule has 1 heterocycles. The maximum absolute atomic E-state index is 5.63. The van der Waals surface area contributed by atoms with Crippen LogP contribution in [0.2, 0.25) is 0 Å². The highest BCUT2D eigenvalue weighted by Crippen LogP contribution is 2.10. The molecule has 21 heavy (non-hydrogen) atoms. The van der Waals surface area contributed by atoms with Crippen LogP contribution in [0, 0.1) is 0 Å². The molecule has 6 nitrogen and oxygen atoms in total. The van der Waals surface area contributed by atoms with Crippen molar-refractivity contribution in [1.82, 2.24) is 20.5 Å². The van der Waals surface area contributed by atoms with Gasteiger partial charge in [0.1, 0.15) is 6.61 Å². The third-order valence-corrected chi connectivity index (χ3v) is 2.70. The molecule has 0 unspecified atom stereocenters. The zero-order chi connectivity index (χ0) is 15.5. The number of ether oxygens (including phenoxy) is 1. The SMILES string of the molecule is CCNC(=NCc1ccnc(OCCN(C)C)c1)NCC. The summed E-state index contributed by atoms with van der Waals surface area (Å²) < 4.78 is 5.63. The first-order valence-corrected chi connectivity index (χ1v) is 7.40. The third kappa shape index (κ3) is 7.51. The second kappa shape index (κ2) is 9.99. The summed E-state index contributed by atoms with van der Waals surface area (Å²) in [5, 5.41) is 6.40. The van der Waals surface area contributed by atoms with Crippen molar-refractivity contribution in [2.75, 3.05) is 40.3 Å². The van der Waals surface area contributed by atoms with Gasteiger partial charge in [-0.1, -0.05) is 0 Å². The van der Waals surface area contributed by atoms with E-state index in [4.69, 9.17) is 4.74 Å². The maximum Gasteiger partial charge on any atom is 0.213 e. The van der Waals surface area contributed by atoms with Gasteiger partial charge in [-0.2, -0.15) is 0 Å². The molecule has 0 aliphatic carbocycles. The monoisotopic (exact) mass is 293 g/mol. The van der Waals surface area contributed by atoms with Gasteiger partial charge in [0.2, 0.25) is 5.88 Å². The van der Waals surface area contributed by atoms with Gasteiger partial charge in [-0.15, -0.1) is 0 Å². The number of aliphatic imine (C=N–C) groups is 1. The Hall–Kier alpha value is -1.82. The van der Waals surface area contributed by atoms with Crippen LogP contribution < -0.4 is 15.4 Å². The van der Waals surface area contributed by atoms with Crippen LogP contribution in [0.4, 0.5) is 0 Å². The van der Waals surface area contributed by atoms with E-state index in [0.717, 1.165) is 31.2 Å². The van der Waals surface area contributed by atoms with Crippen molar-refractivity contribution >= 4 is 5.96 Å². The largest absolute Gasteiger partial charge is 0.476 e. The summed E-state index contributed by atoms with van der Waals surface area (Å²) >= 11 is 0. The Kier molecular flexibility index (Phi) is 8.19. The highest BCUT2D eigenvalue weighted by Gasteiger charge is 2.00. The van der Waals surface area contributed by atoms with E-state index in [0.29, 0.717) is 19.0 Å². The lowest BCUT2D eigenvalue weighted by Crippen LogP contribution is -2.36. The summed E-state index contributed by atoms with van der Waals surface area (Å²) in [5.41, 5.74) is 1.08. The summed E-state index contributed by atoms with van der Waals surface area (Å²) in [6, 6.07) is 3.90. The Bertz CT molecular complexity index is 426. The lowest BCUT2D eigenvalue weighted by atomic mass is 10.3. The molecule has 0 aliphatic rings.